The van der Waals surface area contributed by atoms with Gasteiger partial charge in [0.05, 0.1) is 11.9 Å². The third kappa shape index (κ3) is 4.63. The standard InChI is InChI=1S/C13H18F4N2O/c1-3-10(18-4-2)11-6-5-9(7-19-11)20-8-13(16,17)12(14)15/h5-7,10,12,18H,3-4,8H2,1-2H3. The number of halogens is 4. The molecular formula is C13H18F4N2O. The summed E-state index contributed by atoms with van der Waals surface area (Å²) in [5.41, 5.74) is 0.752. The van der Waals surface area contributed by atoms with Crippen molar-refractivity contribution in [2.75, 3.05) is 13.2 Å². The predicted molar refractivity (Wildman–Crippen MR) is 67.4 cm³/mol. The molecule has 0 saturated heterocycles. The van der Waals surface area contributed by atoms with Crippen LogP contribution >= 0.6 is 0 Å². The number of ether oxygens (including phenoxy) is 1. The molecule has 1 aromatic heterocycles. The summed E-state index contributed by atoms with van der Waals surface area (Å²) in [6, 6.07) is 3.15. The van der Waals surface area contributed by atoms with E-state index in [1.54, 1.807) is 6.07 Å². The highest BCUT2D eigenvalue weighted by atomic mass is 19.3. The zero-order valence-electron chi connectivity index (χ0n) is 11.4. The van der Waals surface area contributed by atoms with Crippen LogP contribution in [0.25, 0.3) is 0 Å². The minimum atomic E-state index is -4.16. The van der Waals surface area contributed by atoms with E-state index in [2.05, 4.69) is 15.0 Å². The molecule has 0 bridgehead atoms. The van der Waals surface area contributed by atoms with Crippen molar-refractivity contribution >= 4 is 0 Å². The maximum Gasteiger partial charge on any atom is 0.340 e. The van der Waals surface area contributed by atoms with Gasteiger partial charge in [0.2, 0.25) is 0 Å². The summed E-state index contributed by atoms with van der Waals surface area (Å²) >= 11 is 0. The van der Waals surface area contributed by atoms with E-state index in [0.717, 1.165) is 18.7 Å². The Balaban J connectivity index is 2.63. The van der Waals surface area contributed by atoms with Crippen LogP contribution in [0.5, 0.6) is 5.75 Å². The molecule has 0 aliphatic heterocycles. The monoisotopic (exact) mass is 294 g/mol. The molecule has 1 rings (SSSR count). The summed E-state index contributed by atoms with van der Waals surface area (Å²) in [5, 5.41) is 3.22. The first kappa shape index (κ1) is 16.7. The van der Waals surface area contributed by atoms with Crippen molar-refractivity contribution in [1.29, 1.82) is 0 Å². The molecule has 0 aliphatic carbocycles. The highest BCUT2D eigenvalue weighted by molar-refractivity contribution is 5.21. The first-order chi connectivity index (χ1) is 9.40. The van der Waals surface area contributed by atoms with Crippen molar-refractivity contribution < 1.29 is 22.3 Å². The zero-order valence-corrected chi connectivity index (χ0v) is 11.4. The SMILES string of the molecule is CCNC(CC)c1ccc(OCC(F)(F)C(F)F)cn1. The predicted octanol–water partition coefficient (Wildman–Crippen LogP) is 3.42. The normalized spacial score (nSPS) is 13.6. The highest BCUT2D eigenvalue weighted by Crippen LogP contribution is 2.24. The van der Waals surface area contributed by atoms with Gasteiger partial charge < -0.3 is 10.1 Å². The Morgan fingerprint density at radius 3 is 2.45 bits per heavy atom. The molecule has 0 aliphatic rings. The van der Waals surface area contributed by atoms with E-state index in [-0.39, 0.29) is 11.8 Å². The van der Waals surface area contributed by atoms with Gasteiger partial charge in [0.1, 0.15) is 5.75 Å². The first-order valence-electron chi connectivity index (χ1n) is 6.38. The number of aromatic nitrogens is 1. The molecule has 0 amide bonds. The van der Waals surface area contributed by atoms with E-state index in [1.807, 2.05) is 13.8 Å². The van der Waals surface area contributed by atoms with Crippen molar-refractivity contribution in [2.45, 2.75) is 38.7 Å². The van der Waals surface area contributed by atoms with E-state index in [4.69, 9.17) is 0 Å². The Kier molecular flexibility index (Phi) is 6.19. The number of alkyl halides is 4. The smallest absolute Gasteiger partial charge is 0.340 e. The molecule has 0 saturated carbocycles. The van der Waals surface area contributed by atoms with E-state index in [9.17, 15) is 17.6 Å². The fourth-order valence-corrected chi connectivity index (χ4v) is 1.63. The summed E-state index contributed by atoms with van der Waals surface area (Å²) in [4.78, 5) is 4.09. The topological polar surface area (TPSA) is 34.1 Å². The number of hydrogen-bond acceptors (Lipinski definition) is 3. The molecule has 0 radical (unpaired) electrons. The molecule has 3 nitrogen and oxygen atoms in total. The molecule has 1 N–H and O–H groups in total. The van der Waals surface area contributed by atoms with E-state index >= 15 is 0 Å². The number of nitrogens with zero attached hydrogens (tertiary/aromatic N) is 1. The van der Waals surface area contributed by atoms with Crippen LogP contribution in [0.3, 0.4) is 0 Å². The fourth-order valence-electron chi connectivity index (χ4n) is 1.63. The Hall–Kier alpha value is -1.37. The van der Waals surface area contributed by atoms with Crippen molar-refractivity contribution in [3.8, 4) is 5.75 Å². The number of pyridine rings is 1. The van der Waals surface area contributed by atoms with Gasteiger partial charge in [-0.05, 0) is 25.1 Å². The first-order valence-corrected chi connectivity index (χ1v) is 6.38. The Bertz CT molecular complexity index is 398. The van der Waals surface area contributed by atoms with E-state index in [1.165, 1.54) is 12.3 Å². The third-order valence-electron chi connectivity index (χ3n) is 2.73. The molecule has 1 unspecified atom stereocenters. The maximum absolute atomic E-state index is 12.7. The Labute approximate surface area is 115 Å². The summed E-state index contributed by atoms with van der Waals surface area (Å²) in [6.07, 6.45) is -1.66. The second-order valence-corrected chi connectivity index (χ2v) is 4.29. The lowest BCUT2D eigenvalue weighted by molar-refractivity contribution is -0.148. The second kappa shape index (κ2) is 7.42. The quantitative estimate of drug-likeness (QED) is 0.746. The Morgan fingerprint density at radius 2 is 2.00 bits per heavy atom. The minimum Gasteiger partial charge on any atom is -0.485 e. The molecule has 0 spiro atoms. The van der Waals surface area contributed by atoms with Gasteiger partial charge in [-0.1, -0.05) is 13.8 Å². The molecule has 0 aromatic carbocycles. The van der Waals surface area contributed by atoms with Crippen molar-refractivity contribution in [3.05, 3.63) is 24.0 Å². The van der Waals surface area contributed by atoms with Gasteiger partial charge in [0, 0.05) is 6.04 Å². The number of rotatable bonds is 8. The van der Waals surface area contributed by atoms with Gasteiger partial charge in [-0.2, -0.15) is 8.78 Å². The molecule has 114 valence electrons. The minimum absolute atomic E-state index is 0.0421. The lowest BCUT2D eigenvalue weighted by atomic mass is 10.1. The summed E-state index contributed by atoms with van der Waals surface area (Å²) in [7, 11) is 0. The van der Waals surface area contributed by atoms with Crippen LogP contribution in [0.1, 0.15) is 32.0 Å². The number of nitrogens with one attached hydrogen (secondary N) is 1. The lowest BCUT2D eigenvalue weighted by Gasteiger charge is -2.17. The molecule has 0 fully saturated rings. The largest absolute Gasteiger partial charge is 0.485 e. The van der Waals surface area contributed by atoms with Gasteiger partial charge >= 0.3 is 12.3 Å². The van der Waals surface area contributed by atoms with Crippen molar-refractivity contribution in [3.63, 3.8) is 0 Å². The summed E-state index contributed by atoms with van der Waals surface area (Å²) in [5.74, 6) is -4.12. The molecule has 7 heteroatoms. The van der Waals surface area contributed by atoms with Gasteiger partial charge in [0.25, 0.3) is 0 Å². The van der Waals surface area contributed by atoms with Crippen LogP contribution in [0.2, 0.25) is 0 Å². The van der Waals surface area contributed by atoms with Crippen molar-refractivity contribution in [1.82, 2.24) is 10.3 Å². The van der Waals surface area contributed by atoms with Crippen LogP contribution in [0, 0.1) is 0 Å². The van der Waals surface area contributed by atoms with Crippen LogP contribution in [-0.2, 0) is 0 Å². The van der Waals surface area contributed by atoms with E-state index in [0.29, 0.717) is 0 Å². The molecule has 1 heterocycles. The van der Waals surface area contributed by atoms with E-state index < -0.39 is 19.0 Å². The lowest BCUT2D eigenvalue weighted by Crippen LogP contribution is -2.33. The summed E-state index contributed by atoms with van der Waals surface area (Å²) < 4.78 is 53.9. The summed E-state index contributed by atoms with van der Waals surface area (Å²) in [6.45, 7) is 3.37. The molecule has 1 aromatic rings. The van der Waals surface area contributed by atoms with Gasteiger partial charge in [-0.3, -0.25) is 4.98 Å². The molecule has 20 heavy (non-hydrogen) atoms. The molecular weight excluding hydrogens is 276 g/mol. The second-order valence-electron chi connectivity index (χ2n) is 4.29. The Morgan fingerprint density at radius 1 is 1.30 bits per heavy atom. The maximum atomic E-state index is 12.7. The highest BCUT2D eigenvalue weighted by Gasteiger charge is 2.41. The van der Waals surface area contributed by atoms with Crippen LogP contribution < -0.4 is 10.1 Å². The third-order valence-corrected chi connectivity index (χ3v) is 2.73. The average Bonchev–Trinajstić information content (AvgIpc) is 2.43. The number of hydrogen-bond donors (Lipinski definition) is 1. The van der Waals surface area contributed by atoms with Gasteiger partial charge in [-0.25, -0.2) is 8.78 Å². The van der Waals surface area contributed by atoms with Gasteiger partial charge in [-0.15, -0.1) is 0 Å². The van der Waals surface area contributed by atoms with Crippen LogP contribution in [0.4, 0.5) is 17.6 Å². The van der Waals surface area contributed by atoms with Crippen molar-refractivity contribution in [2.24, 2.45) is 0 Å². The average molecular weight is 294 g/mol. The zero-order chi connectivity index (χ0) is 15.2. The van der Waals surface area contributed by atoms with Gasteiger partial charge in [0.15, 0.2) is 6.61 Å². The van der Waals surface area contributed by atoms with Crippen LogP contribution in [-0.4, -0.2) is 30.5 Å². The van der Waals surface area contributed by atoms with Crippen LogP contribution in [0.15, 0.2) is 18.3 Å². The molecule has 1 atom stereocenters. The fraction of sp³-hybridized carbons (Fsp3) is 0.615.